The molecule has 3 fully saturated rings. The Labute approximate surface area is 111 Å². The lowest BCUT2D eigenvalue weighted by atomic mass is 9.57. The van der Waals surface area contributed by atoms with E-state index in [0.29, 0.717) is 11.5 Å². The van der Waals surface area contributed by atoms with Gasteiger partial charge in [-0.3, -0.25) is 0 Å². The number of hydrogen-bond donors (Lipinski definition) is 1. The van der Waals surface area contributed by atoms with Crippen molar-refractivity contribution >= 4 is 0 Å². The molecule has 0 bridgehead atoms. The van der Waals surface area contributed by atoms with Crippen LogP contribution in [0.2, 0.25) is 0 Å². The number of hydrogen-bond acceptors (Lipinski definition) is 3. The maximum absolute atomic E-state index is 5.84. The molecule has 1 aliphatic heterocycles. The van der Waals surface area contributed by atoms with Crippen LogP contribution in [0.5, 0.6) is 0 Å². The van der Waals surface area contributed by atoms with E-state index in [-0.39, 0.29) is 0 Å². The fraction of sp³-hybridized carbons (Fsp3) is 1.00. The minimum Gasteiger partial charge on any atom is -0.374 e. The number of nitrogens with zero attached hydrogens (tertiary/aromatic N) is 1. The highest BCUT2D eigenvalue weighted by molar-refractivity contribution is 5.01. The molecule has 1 heterocycles. The Balaban J connectivity index is 1.45. The van der Waals surface area contributed by atoms with Crippen LogP contribution in [0.25, 0.3) is 0 Å². The standard InChI is InChI=1S/C15H28N2O/c1-17-9-10-18-13(12-17)11-16-14-5-8-15(14)6-3-2-4-7-15/h13-14,16H,2-12H2,1H3. The second kappa shape index (κ2) is 5.48. The molecule has 3 aliphatic rings. The third-order valence-electron chi connectivity index (χ3n) is 5.45. The molecule has 2 unspecified atom stereocenters. The average molecular weight is 252 g/mol. The van der Waals surface area contributed by atoms with Gasteiger partial charge in [0.25, 0.3) is 0 Å². The van der Waals surface area contributed by atoms with Crippen molar-refractivity contribution in [3.63, 3.8) is 0 Å². The molecule has 2 atom stereocenters. The number of nitrogens with one attached hydrogen (secondary N) is 1. The Morgan fingerprint density at radius 3 is 2.72 bits per heavy atom. The van der Waals surface area contributed by atoms with Crippen molar-refractivity contribution in [3.05, 3.63) is 0 Å². The molecule has 3 nitrogen and oxygen atoms in total. The van der Waals surface area contributed by atoms with E-state index in [1.165, 1.54) is 44.9 Å². The van der Waals surface area contributed by atoms with Crippen LogP contribution in [-0.4, -0.2) is 50.3 Å². The quantitative estimate of drug-likeness (QED) is 0.831. The molecule has 3 rings (SSSR count). The summed E-state index contributed by atoms with van der Waals surface area (Å²) in [5, 5.41) is 3.82. The van der Waals surface area contributed by atoms with E-state index in [9.17, 15) is 0 Å². The molecule has 0 aromatic carbocycles. The Bertz CT molecular complexity index is 276. The SMILES string of the molecule is CN1CCOC(CNC2CCC23CCCCC3)C1. The summed E-state index contributed by atoms with van der Waals surface area (Å²) in [7, 11) is 2.20. The van der Waals surface area contributed by atoms with E-state index < -0.39 is 0 Å². The van der Waals surface area contributed by atoms with E-state index in [1.54, 1.807) is 0 Å². The molecule has 2 aliphatic carbocycles. The lowest BCUT2D eigenvalue weighted by molar-refractivity contribution is -0.0331. The van der Waals surface area contributed by atoms with E-state index in [0.717, 1.165) is 32.3 Å². The molecule has 0 amide bonds. The van der Waals surface area contributed by atoms with E-state index in [1.807, 2.05) is 0 Å². The largest absolute Gasteiger partial charge is 0.374 e. The minimum atomic E-state index is 0.407. The van der Waals surface area contributed by atoms with Crippen molar-refractivity contribution in [1.82, 2.24) is 10.2 Å². The highest BCUT2D eigenvalue weighted by atomic mass is 16.5. The molecule has 1 spiro atoms. The molecular weight excluding hydrogens is 224 g/mol. The van der Waals surface area contributed by atoms with E-state index >= 15 is 0 Å². The Morgan fingerprint density at radius 2 is 2.06 bits per heavy atom. The van der Waals surface area contributed by atoms with Crippen LogP contribution in [0.15, 0.2) is 0 Å². The summed E-state index contributed by atoms with van der Waals surface area (Å²) in [5.41, 5.74) is 0.679. The highest BCUT2D eigenvalue weighted by Gasteiger charge is 2.46. The Morgan fingerprint density at radius 1 is 1.22 bits per heavy atom. The predicted octanol–water partition coefficient (Wildman–Crippen LogP) is 2.02. The average Bonchev–Trinajstić information content (AvgIpc) is 2.39. The van der Waals surface area contributed by atoms with Crippen LogP contribution >= 0.6 is 0 Å². The zero-order chi connectivity index (χ0) is 12.4. The normalized spacial score (nSPS) is 36.5. The lowest BCUT2D eigenvalue weighted by Gasteiger charge is -2.53. The summed E-state index contributed by atoms with van der Waals surface area (Å²) in [6.07, 6.45) is 10.6. The van der Waals surface area contributed by atoms with Gasteiger partial charge in [-0.15, -0.1) is 0 Å². The molecule has 0 radical (unpaired) electrons. The summed E-state index contributed by atoms with van der Waals surface area (Å²) in [4.78, 5) is 2.38. The molecule has 1 N–H and O–H groups in total. The number of rotatable bonds is 3. The molecule has 0 aromatic heterocycles. The van der Waals surface area contributed by atoms with Crippen LogP contribution < -0.4 is 5.32 Å². The van der Waals surface area contributed by atoms with Gasteiger partial charge >= 0.3 is 0 Å². The molecule has 104 valence electrons. The van der Waals surface area contributed by atoms with Gasteiger partial charge in [-0.25, -0.2) is 0 Å². The molecule has 1 saturated heterocycles. The topological polar surface area (TPSA) is 24.5 Å². The van der Waals surface area contributed by atoms with Gasteiger partial charge in [-0.1, -0.05) is 19.3 Å². The first-order valence-corrected chi connectivity index (χ1v) is 7.82. The summed E-state index contributed by atoms with van der Waals surface area (Å²) >= 11 is 0. The highest BCUT2D eigenvalue weighted by Crippen LogP contribution is 2.51. The predicted molar refractivity (Wildman–Crippen MR) is 73.8 cm³/mol. The van der Waals surface area contributed by atoms with E-state index in [2.05, 4.69) is 17.3 Å². The van der Waals surface area contributed by atoms with Gasteiger partial charge < -0.3 is 15.0 Å². The van der Waals surface area contributed by atoms with Crippen LogP contribution in [0.4, 0.5) is 0 Å². The first-order valence-electron chi connectivity index (χ1n) is 7.82. The Kier molecular flexibility index (Phi) is 3.92. The van der Waals surface area contributed by atoms with Crippen LogP contribution in [0.1, 0.15) is 44.9 Å². The first kappa shape index (κ1) is 12.9. The first-order chi connectivity index (χ1) is 8.78. The van der Waals surface area contributed by atoms with Crippen LogP contribution in [0, 0.1) is 5.41 Å². The number of likely N-dealkylation sites (N-methyl/N-ethyl adjacent to an activating group) is 1. The van der Waals surface area contributed by atoms with Crippen LogP contribution in [0.3, 0.4) is 0 Å². The van der Waals surface area contributed by atoms with Gasteiger partial charge in [0.2, 0.25) is 0 Å². The van der Waals surface area contributed by atoms with Crippen LogP contribution in [-0.2, 0) is 4.74 Å². The summed E-state index contributed by atoms with van der Waals surface area (Å²) < 4.78 is 5.84. The minimum absolute atomic E-state index is 0.407. The fourth-order valence-corrected chi connectivity index (χ4v) is 4.13. The molecule has 0 aromatic rings. The van der Waals surface area contributed by atoms with Gasteiger partial charge in [-0.2, -0.15) is 0 Å². The monoisotopic (exact) mass is 252 g/mol. The van der Waals surface area contributed by atoms with Crippen molar-refractivity contribution < 1.29 is 4.74 Å². The van der Waals surface area contributed by atoms with Crippen molar-refractivity contribution in [3.8, 4) is 0 Å². The number of morpholine rings is 1. The molecule has 3 heteroatoms. The fourth-order valence-electron chi connectivity index (χ4n) is 4.13. The molecule has 2 saturated carbocycles. The second-order valence-corrected chi connectivity index (χ2v) is 6.68. The molecular formula is C15H28N2O. The van der Waals surface area contributed by atoms with Gasteiger partial charge in [0.15, 0.2) is 0 Å². The van der Waals surface area contributed by atoms with Crippen molar-refractivity contribution in [2.45, 2.75) is 57.1 Å². The van der Waals surface area contributed by atoms with Gasteiger partial charge in [0, 0.05) is 25.7 Å². The summed E-state index contributed by atoms with van der Waals surface area (Å²) in [6, 6.07) is 0.786. The summed E-state index contributed by atoms with van der Waals surface area (Å²) in [5.74, 6) is 0. The zero-order valence-electron chi connectivity index (χ0n) is 11.8. The third kappa shape index (κ3) is 2.59. The lowest BCUT2D eigenvalue weighted by Crippen LogP contribution is -2.57. The second-order valence-electron chi connectivity index (χ2n) is 6.68. The maximum Gasteiger partial charge on any atom is 0.0826 e. The maximum atomic E-state index is 5.84. The Hall–Kier alpha value is -0.120. The zero-order valence-corrected chi connectivity index (χ0v) is 11.8. The van der Waals surface area contributed by atoms with Gasteiger partial charge in [0.05, 0.1) is 12.7 Å². The molecule has 18 heavy (non-hydrogen) atoms. The smallest absolute Gasteiger partial charge is 0.0826 e. The van der Waals surface area contributed by atoms with Gasteiger partial charge in [0.1, 0.15) is 0 Å². The van der Waals surface area contributed by atoms with Gasteiger partial charge in [-0.05, 0) is 38.1 Å². The van der Waals surface area contributed by atoms with Crippen molar-refractivity contribution in [2.24, 2.45) is 5.41 Å². The third-order valence-corrected chi connectivity index (χ3v) is 5.45. The number of ether oxygens (including phenoxy) is 1. The van der Waals surface area contributed by atoms with Crippen molar-refractivity contribution in [2.75, 3.05) is 33.3 Å². The van der Waals surface area contributed by atoms with Crippen molar-refractivity contribution in [1.29, 1.82) is 0 Å². The van der Waals surface area contributed by atoms with E-state index in [4.69, 9.17) is 4.74 Å². The summed E-state index contributed by atoms with van der Waals surface area (Å²) in [6.45, 7) is 4.13.